The zero-order valence-corrected chi connectivity index (χ0v) is 13.2. The quantitative estimate of drug-likeness (QED) is 0.631. The standard InChI is InChI=1S/C14H19NO4S/c1-6-18-13(17)10-8-20-11(15-10)7-9(2)12(16)19-14(3,4)5/h7-8H,6H2,1-5H3. The molecule has 0 aliphatic heterocycles. The first-order valence-corrected chi connectivity index (χ1v) is 7.15. The number of hydrogen-bond donors (Lipinski definition) is 0. The number of esters is 2. The molecule has 0 aliphatic carbocycles. The van der Waals surface area contributed by atoms with Crippen molar-refractivity contribution >= 4 is 29.4 Å². The minimum absolute atomic E-state index is 0.250. The van der Waals surface area contributed by atoms with Crippen LogP contribution in [0.2, 0.25) is 0 Å². The predicted octanol–water partition coefficient (Wildman–Crippen LogP) is 3.06. The normalized spacial score (nSPS) is 12.2. The molecule has 0 bridgehead atoms. The van der Waals surface area contributed by atoms with Gasteiger partial charge in [0, 0.05) is 11.0 Å². The van der Waals surface area contributed by atoms with E-state index >= 15 is 0 Å². The van der Waals surface area contributed by atoms with Crippen molar-refractivity contribution in [1.29, 1.82) is 0 Å². The van der Waals surface area contributed by atoms with Crippen molar-refractivity contribution < 1.29 is 19.1 Å². The van der Waals surface area contributed by atoms with Gasteiger partial charge in [0.2, 0.25) is 0 Å². The molecule has 0 unspecified atom stereocenters. The molecule has 0 atom stereocenters. The Morgan fingerprint density at radius 2 is 2.05 bits per heavy atom. The lowest BCUT2D eigenvalue weighted by atomic mass is 10.2. The summed E-state index contributed by atoms with van der Waals surface area (Å²) < 4.78 is 10.1. The van der Waals surface area contributed by atoms with Gasteiger partial charge in [-0.3, -0.25) is 0 Å². The number of carbonyl (C=O) groups excluding carboxylic acids is 2. The fourth-order valence-electron chi connectivity index (χ4n) is 1.26. The molecular weight excluding hydrogens is 278 g/mol. The van der Waals surface area contributed by atoms with Crippen LogP contribution >= 0.6 is 11.3 Å². The second kappa shape index (κ2) is 6.65. The van der Waals surface area contributed by atoms with Crippen LogP contribution in [0.3, 0.4) is 0 Å². The van der Waals surface area contributed by atoms with E-state index < -0.39 is 17.5 Å². The van der Waals surface area contributed by atoms with Gasteiger partial charge in [0.05, 0.1) is 6.61 Å². The average Bonchev–Trinajstić information content (AvgIpc) is 2.75. The molecule has 0 aliphatic rings. The zero-order valence-electron chi connectivity index (χ0n) is 12.4. The summed E-state index contributed by atoms with van der Waals surface area (Å²) in [6.45, 7) is 9.11. The van der Waals surface area contributed by atoms with E-state index in [9.17, 15) is 9.59 Å². The zero-order chi connectivity index (χ0) is 15.3. The average molecular weight is 297 g/mol. The molecule has 0 spiro atoms. The van der Waals surface area contributed by atoms with Crippen molar-refractivity contribution in [3.8, 4) is 0 Å². The molecule has 1 aromatic heterocycles. The summed E-state index contributed by atoms with van der Waals surface area (Å²) in [7, 11) is 0. The summed E-state index contributed by atoms with van der Waals surface area (Å²) in [6, 6.07) is 0. The van der Waals surface area contributed by atoms with Crippen LogP contribution in [-0.4, -0.2) is 29.1 Å². The monoisotopic (exact) mass is 297 g/mol. The lowest BCUT2D eigenvalue weighted by Gasteiger charge is -2.19. The number of hydrogen-bond acceptors (Lipinski definition) is 6. The van der Waals surface area contributed by atoms with Gasteiger partial charge < -0.3 is 9.47 Å². The van der Waals surface area contributed by atoms with Gasteiger partial charge in [-0.1, -0.05) is 0 Å². The Morgan fingerprint density at radius 3 is 2.60 bits per heavy atom. The van der Waals surface area contributed by atoms with Crippen molar-refractivity contribution in [2.75, 3.05) is 6.61 Å². The van der Waals surface area contributed by atoms with Crippen LogP contribution in [0, 0.1) is 0 Å². The van der Waals surface area contributed by atoms with E-state index in [0.717, 1.165) is 0 Å². The van der Waals surface area contributed by atoms with Gasteiger partial charge in [-0.05, 0) is 40.7 Å². The molecule has 0 fully saturated rings. The molecule has 1 rings (SSSR count). The van der Waals surface area contributed by atoms with Crippen molar-refractivity contribution in [2.45, 2.75) is 40.2 Å². The van der Waals surface area contributed by atoms with E-state index in [1.807, 2.05) is 0 Å². The highest BCUT2D eigenvalue weighted by Gasteiger charge is 2.18. The highest BCUT2D eigenvalue weighted by Crippen LogP contribution is 2.17. The second-order valence-corrected chi connectivity index (χ2v) is 6.01. The summed E-state index contributed by atoms with van der Waals surface area (Å²) in [5.74, 6) is -0.858. The number of ether oxygens (including phenoxy) is 2. The van der Waals surface area contributed by atoms with Crippen molar-refractivity contribution in [3.05, 3.63) is 21.7 Å². The highest BCUT2D eigenvalue weighted by atomic mass is 32.1. The predicted molar refractivity (Wildman–Crippen MR) is 77.6 cm³/mol. The Bertz CT molecular complexity index is 526. The molecular formula is C14H19NO4S. The molecule has 0 aromatic carbocycles. The van der Waals surface area contributed by atoms with E-state index in [1.54, 1.807) is 46.1 Å². The first-order valence-electron chi connectivity index (χ1n) is 6.27. The number of thiazole rings is 1. The van der Waals surface area contributed by atoms with Crippen LogP contribution in [0.25, 0.3) is 6.08 Å². The molecule has 5 nitrogen and oxygen atoms in total. The van der Waals surface area contributed by atoms with E-state index in [4.69, 9.17) is 9.47 Å². The molecule has 1 aromatic rings. The molecule has 0 saturated heterocycles. The summed E-state index contributed by atoms with van der Waals surface area (Å²) in [5, 5.41) is 2.17. The van der Waals surface area contributed by atoms with E-state index in [-0.39, 0.29) is 5.69 Å². The SMILES string of the molecule is CCOC(=O)c1csc(C=C(C)C(=O)OC(C)(C)C)n1. The third-order valence-corrected chi connectivity index (χ3v) is 2.86. The van der Waals surface area contributed by atoms with Gasteiger partial charge in [-0.2, -0.15) is 0 Å². The summed E-state index contributed by atoms with van der Waals surface area (Å²) in [4.78, 5) is 27.4. The van der Waals surface area contributed by atoms with Gasteiger partial charge in [-0.25, -0.2) is 14.6 Å². The minimum Gasteiger partial charge on any atom is -0.461 e. The Morgan fingerprint density at radius 1 is 1.40 bits per heavy atom. The van der Waals surface area contributed by atoms with E-state index in [0.29, 0.717) is 17.2 Å². The maximum absolute atomic E-state index is 11.8. The Labute approximate surface area is 122 Å². The first kappa shape index (κ1) is 16.4. The highest BCUT2D eigenvalue weighted by molar-refractivity contribution is 7.10. The first-order chi connectivity index (χ1) is 9.23. The van der Waals surface area contributed by atoms with Crippen LogP contribution in [0.5, 0.6) is 0 Å². The molecule has 0 N–H and O–H groups in total. The van der Waals surface area contributed by atoms with Crippen LogP contribution in [0.15, 0.2) is 11.0 Å². The van der Waals surface area contributed by atoms with Crippen molar-refractivity contribution in [2.24, 2.45) is 0 Å². The number of carbonyl (C=O) groups is 2. The number of aromatic nitrogens is 1. The Kier molecular flexibility index (Phi) is 5.44. The lowest BCUT2D eigenvalue weighted by Crippen LogP contribution is -2.24. The smallest absolute Gasteiger partial charge is 0.357 e. The molecule has 20 heavy (non-hydrogen) atoms. The molecule has 6 heteroatoms. The molecule has 0 saturated carbocycles. The third-order valence-electron chi connectivity index (χ3n) is 2.07. The summed E-state index contributed by atoms with van der Waals surface area (Å²) in [6.07, 6.45) is 1.60. The van der Waals surface area contributed by atoms with E-state index in [2.05, 4.69) is 4.98 Å². The van der Waals surface area contributed by atoms with Crippen LogP contribution in [-0.2, 0) is 14.3 Å². The fourth-order valence-corrected chi connectivity index (χ4v) is 2.03. The molecule has 0 amide bonds. The van der Waals surface area contributed by atoms with Gasteiger partial charge in [0.15, 0.2) is 5.69 Å². The van der Waals surface area contributed by atoms with Crippen LogP contribution in [0.1, 0.15) is 50.1 Å². The minimum atomic E-state index is -0.537. The Balaban J connectivity index is 2.79. The van der Waals surface area contributed by atoms with Gasteiger partial charge >= 0.3 is 11.9 Å². The maximum Gasteiger partial charge on any atom is 0.357 e. The maximum atomic E-state index is 11.8. The largest absolute Gasteiger partial charge is 0.461 e. The van der Waals surface area contributed by atoms with Gasteiger partial charge in [0.25, 0.3) is 0 Å². The van der Waals surface area contributed by atoms with Gasteiger partial charge in [0.1, 0.15) is 10.6 Å². The Hall–Kier alpha value is -1.69. The summed E-state index contributed by atoms with van der Waals surface area (Å²) >= 11 is 1.27. The molecule has 1 heterocycles. The van der Waals surface area contributed by atoms with Crippen LogP contribution < -0.4 is 0 Å². The molecule has 110 valence electrons. The lowest BCUT2D eigenvalue weighted by molar-refractivity contribution is -0.149. The number of rotatable bonds is 4. The number of nitrogens with zero attached hydrogens (tertiary/aromatic N) is 1. The third kappa shape index (κ3) is 5.13. The van der Waals surface area contributed by atoms with Gasteiger partial charge in [-0.15, -0.1) is 11.3 Å². The summed E-state index contributed by atoms with van der Waals surface area (Å²) in [5.41, 5.74) is 0.148. The van der Waals surface area contributed by atoms with Crippen molar-refractivity contribution in [1.82, 2.24) is 4.98 Å². The second-order valence-electron chi connectivity index (χ2n) is 5.12. The molecule has 0 radical (unpaired) electrons. The van der Waals surface area contributed by atoms with Crippen LogP contribution in [0.4, 0.5) is 0 Å². The van der Waals surface area contributed by atoms with E-state index in [1.165, 1.54) is 11.3 Å². The fraction of sp³-hybridized carbons (Fsp3) is 0.500. The topological polar surface area (TPSA) is 65.5 Å². The van der Waals surface area contributed by atoms with Crippen molar-refractivity contribution in [3.63, 3.8) is 0 Å².